The molecule has 0 radical (unpaired) electrons. The van der Waals surface area contributed by atoms with E-state index in [2.05, 4.69) is 4.98 Å². The van der Waals surface area contributed by atoms with Crippen LogP contribution in [0.15, 0.2) is 60.8 Å². The van der Waals surface area contributed by atoms with Crippen molar-refractivity contribution in [2.75, 3.05) is 9.80 Å². The average molecular weight is 489 g/mol. The Balaban J connectivity index is 1.66. The van der Waals surface area contributed by atoms with Crippen LogP contribution in [0.2, 0.25) is 0 Å². The molecule has 1 aliphatic rings. The van der Waals surface area contributed by atoms with Crippen LogP contribution >= 0.6 is 11.3 Å². The van der Waals surface area contributed by atoms with Gasteiger partial charge in [0.05, 0.1) is 16.8 Å². The number of carbonyl (C=O) groups is 2. The molecule has 0 fully saturated rings. The number of amides is 3. The second-order valence-electron chi connectivity index (χ2n) is 9.16. The van der Waals surface area contributed by atoms with E-state index in [0.717, 1.165) is 16.7 Å². The van der Waals surface area contributed by atoms with Crippen molar-refractivity contribution in [1.29, 1.82) is 0 Å². The lowest BCUT2D eigenvalue weighted by Gasteiger charge is -2.42. The highest BCUT2D eigenvalue weighted by atomic mass is 32.1. The average Bonchev–Trinajstić information content (AvgIpc) is 3.13. The first-order valence-electron chi connectivity index (χ1n) is 11.0. The first kappa shape index (κ1) is 22.7. The van der Waals surface area contributed by atoms with Crippen LogP contribution in [-0.2, 0) is 0 Å². The summed E-state index contributed by atoms with van der Waals surface area (Å²) in [6.45, 7) is 7.70. The highest BCUT2D eigenvalue weighted by Gasteiger charge is 2.43. The van der Waals surface area contributed by atoms with Crippen molar-refractivity contribution in [3.05, 3.63) is 66.4 Å². The maximum Gasteiger partial charge on any atom is 0.410 e. The van der Waals surface area contributed by atoms with Gasteiger partial charge in [-0.3, -0.25) is 9.80 Å². The Kier molecular flexibility index (Phi) is 5.36. The molecule has 3 amide bonds. The minimum atomic E-state index is -0.942. The second kappa shape index (κ2) is 8.28. The van der Waals surface area contributed by atoms with Gasteiger partial charge in [0, 0.05) is 11.7 Å². The van der Waals surface area contributed by atoms with Crippen LogP contribution in [0.25, 0.3) is 10.2 Å². The summed E-state index contributed by atoms with van der Waals surface area (Å²) in [6.07, 6.45) is 0.698. The lowest BCUT2D eigenvalue weighted by molar-refractivity contribution is 0.212. The van der Waals surface area contributed by atoms with Crippen LogP contribution in [0.3, 0.4) is 0 Å². The number of thiophene rings is 1. The Labute approximate surface area is 206 Å². The summed E-state index contributed by atoms with van der Waals surface area (Å²) >= 11 is 1.18. The molecule has 4 aromatic rings. The molecule has 0 bridgehead atoms. The minimum Gasteiger partial charge on any atom is -0.457 e. The predicted octanol–water partition coefficient (Wildman–Crippen LogP) is 6.73. The molecule has 35 heavy (non-hydrogen) atoms. The summed E-state index contributed by atoms with van der Waals surface area (Å²) in [6, 6.07) is 16.7. The van der Waals surface area contributed by atoms with E-state index < -0.39 is 11.6 Å². The lowest BCUT2D eigenvalue weighted by atomic mass is 10.0. The van der Waals surface area contributed by atoms with Crippen molar-refractivity contribution < 1.29 is 19.1 Å². The van der Waals surface area contributed by atoms with Crippen molar-refractivity contribution in [1.82, 2.24) is 4.98 Å². The molecular weight excluding hydrogens is 464 g/mol. The fraction of sp³-hybridized carbons (Fsp3) is 0.192. The number of carbonyl (C=O) groups excluding carboxylic acids is 2. The van der Waals surface area contributed by atoms with E-state index in [9.17, 15) is 9.59 Å². The third kappa shape index (κ3) is 3.93. The molecule has 5 rings (SSSR count). The van der Waals surface area contributed by atoms with Gasteiger partial charge in [0.1, 0.15) is 22.0 Å². The zero-order valence-corrected chi connectivity index (χ0v) is 20.6. The van der Waals surface area contributed by atoms with E-state index in [1.807, 2.05) is 76.2 Å². The summed E-state index contributed by atoms with van der Waals surface area (Å²) < 4.78 is 11.3. The zero-order chi connectivity index (χ0) is 24.9. The highest BCUT2D eigenvalue weighted by molar-refractivity contribution is 7.21. The number of pyridine rings is 1. The summed E-state index contributed by atoms with van der Waals surface area (Å²) in [5.41, 5.74) is 7.43. The summed E-state index contributed by atoms with van der Waals surface area (Å²) in [5.74, 6) is 1.40. The summed E-state index contributed by atoms with van der Waals surface area (Å²) in [4.78, 5) is 34.1. The SMILES string of the molecule is Cc1cc(Oc2ccccc2)ccc1N1C(=O)N(C(C)(C)C)c2c(OC(N)=O)sc3nccc1c23. The third-order valence-corrected chi connectivity index (χ3v) is 6.58. The Morgan fingerprint density at radius 3 is 2.43 bits per heavy atom. The van der Waals surface area contributed by atoms with Crippen molar-refractivity contribution in [2.45, 2.75) is 33.2 Å². The molecular formula is C26H24N4O4S. The van der Waals surface area contributed by atoms with E-state index in [4.69, 9.17) is 15.2 Å². The second-order valence-corrected chi connectivity index (χ2v) is 10.1. The maximum absolute atomic E-state index is 14.1. The number of nitrogens with zero attached hydrogens (tertiary/aromatic N) is 3. The number of nitrogens with two attached hydrogens (primary N) is 1. The number of primary amides is 1. The van der Waals surface area contributed by atoms with Gasteiger partial charge in [-0.05, 0) is 69.7 Å². The van der Waals surface area contributed by atoms with Crippen LogP contribution in [0.1, 0.15) is 26.3 Å². The van der Waals surface area contributed by atoms with Crippen molar-refractivity contribution in [3.63, 3.8) is 0 Å². The van der Waals surface area contributed by atoms with E-state index in [-0.39, 0.29) is 11.1 Å². The van der Waals surface area contributed by atoms with Gasteiger partial charge in [-0.1, -0.05) is 29.5 Å². The Bertz CT molecular complexity index is 1460. The van der Waals surface area contributed by atoms with Crippen LogP contribution < -0.4 is 25.0 Å². The highest BCUT2D eigenvalue weighted by Crippen LogP contribution is 2.54. The van der Waals surface area contributed by atoms with Crippen LogP contribution in [-0.4, -0.2) is 22.6 Å². The monoisotopic (exact) mass is 488 g/mol. The molecule has 0 aliphatic carbocycles. The van der Waals surface area contributed by atoms with Gasteiger partial charge in [0.25, 0.3) is 0 Å². The predicted molar refractivity (Wildman–Crippen MR) is 137 cm³/mol. The number of hydrogen-bond acceptors (Lipinski definition) is 6. The van der Waals surface area contributed by atoms with E-state index in [1.165, 1.54) is 11.3 Å². The topological polar surface area (TPSA) is 98.0 Å². The molecule has 0 unspecified atom stereocenters. The molecule has 0 saturated heterocycles. The van der Waals surface area contributed by atoms with E-state index in [0.29, 0.717) is 27.6 Å². The molecule has 9 heteroatoms. The number of aromatic nitrogens is 1. The summed E-state index contributed by atoms with van der Waals surface area (Å²) in [5, 5.41) is 0.978. The zero-order valence-electron chi connectivity index (χ0n) is 19.7. The number of aryl methyl sites for hydroxylation is 1. The Morgan fingerprint density at radius 1 is 1.03 bits per heavy atom. The van der Waals surface area contributed by atoms with E-state index in [1.54, 1.807) is 22.1 Å². The van der Waals surface area contributed by atoms with Gasteiger partial charge in [-0.15, -0.1) is 0 Å². The lowest BCUT2D eigenvalue weighted by Crippen LogP contribution is -2.53. The molecule has 2 N–H and O–H groups in total. The van der Waals surface area contributed by atoms with Gasteiger partial charge in [-0.25, -0.2) is 14.6 Å². The van der Waals surface area contributed by atoms with Gasteiger partial charge < -0.3 is 15.2 Å². The van der Waals surface area contributed by atoms with E-state index >= 15 is 0 Å². The Morgan fingerprint density at radius 2 is 1.77 bits per heavy atom. The smallest absolute Gasteiger partial charge is 0.410 e. The summed E-state index contributed by atoms with van der Waals surface area (Å²) in [7, 11) is 0. The van der Waals surface area contributed by atoms with Gasteiger partial charge in [-0.2, -0.15) is 0 Å². The molecule has 1 aliphatic heterocycles. The molecule has 2 aromatic carbocycles. The Hall–Kier alpha value is -4.11. The number of rotatable bonds is 4. The third-order valence-electron chi connectivity index (χ3n) is 5.61. The number of hydrogen-bond donors (Lipinski definition) is 1. The van der Waals surface area contributed by atoms with Crippen molar-refractivity contribution in [2.24, 2.45) is 5.73 Å². The minimum absolute atomic E-state index is 0.249. The van der Waals surface area contributed by atoms with Crippen LogP contribution in [0.4, 0.5) is 26.7 Å². The number of ether oxygens (including phenoxy) is 2. The molecule has 0 spiro atoms. The van der Waals surface area contributed by atoms with Gasteiger partial charge >= 0.3 is 12.1 Å². The number of anilines is 3. The largest absolute Gasteiger partial charge is 0.457 e. The van der Waals surface area contributed by atoms with Gasteiger partial charge in [0.15, 0.2) is 0 Å². The molecule has 178 valence electrons. The fourth-order valence-corrected chi connectivity index (χ4v) is 5.25. The first-order chi connectivity index (χ1) is 16.6. The maximum atomic E-state index is 14.1. The molecule has 0 atom stereocenters. The normalized spacial score (nSPS) is 13.3. The molecule has 3 heterocycles. The molecule has 2 aromatic heterocycles. The number of urea groups is 1. The van der Waals surface area contributed by atoms with Gasteiger partial charge in [0.2, 0.25) is 5.06 Å². The quantitative estimate of drug-likeness (QED) is 0.343. The fourth-order valence-electron chi connectivity index (χ4n) is 4.24. The van der Waals surface area contributed by atoms with Crippen LogP contribution in [0, 0.1) is 6.92 Å². The number of benzene rings is 2. The standard InChI is InChI=1S/C26H24N4O4S/c1-15-14-17(33-16-8-6-5-7-9-16)10-11-18(15)29-19-12-13-28-22-20(19)21(23(35-22)34-24(27)31)30(25(29)32)26(2,3)4/h5-14H,1-4H3,(H2,27,31). The first-order valence-corrected chi connectivity index (χ1v) is 11.8. The van der Waals surface area contributed by atoms with Crippen LogP contribution in [0.5, 0.6) is 16.6 Å². The molecule has 0 saturated carbocycles. The van der Waals surface area contributed by atoms with Crippen molar-refractivity contribution in [3.8, 4) is 16.6 Å². The molecule has 8 nitrogen and oxygen atoms in total. The number of para-hydroxylation sites is 1. The van der Waals surface area contributed by atoms with Crippen molar-refractivity contribution >= 4 is 50.7 Å².